The molecule has 0 atom stereocenters. The van der Waals surface area contributed by atoms with Crippen LogP contribution < -0.4 is 9.54 Å². The molecule has 2 aromatic rings. The molecule has 1 fully saturated rings. The van der Waals surface area contributed by atoms with Gasteiger partial charge in [0.05, 0.1) is 24.5 Å². The molecule has 1 aliphatic heterocycles. The van der Waals surface area contributed by atoms with Crippen molar-refractivity contribution in [3.8, 4) is 5.75 Å². The summed E-state index contributed by atoms with van der Waals surface area (Å²) in [5, 5.41) is 0. The number of sulfonamides is 1. The summed E-state index contributed by atoms with van der Waals surface area (Å²) in [5.41, 5.74) is -0.916. The van der Waals surface area contributed by atoms with Gasteiger partial charge in [-0.25, -0.2) is 17.7 Å². The van der Waals surface area contributed by atoms with E-state index in [1.54, 1.807) is 0 Å². The summed E-state index contributed by atoms with van der Waals surface area (Å²) in [6, 6.07) is 3.12. The minimum atomic E-state index is -4.52. The molecule has 1 saturated heterocycles. The molecule has 6 nitrogen and oxygen atoms in total. The quantitative estimate of drug-likeness (QED) is 0.557. The van der Waals surface area contributed by atoms with Gasteiger partial charge >= 0.3 is 6.18 Å². The van der Waals surface area contributed by atoms with Gasteiger partial charge in [0.15, 0.2) is 4.80 Å². The Morgan fingerprint density at radius 3 is 2.42 bits per heavy atom. The Morgan fingerprint density at radius 2 is 1.91 bits per heavy atom. The van der Waals surface area contributed by atoms with Crippen molar-refractivity contribution in [2.24, 2.45) is 10.9 Å². The molecule has 0 amide bonds. The molecular weight excluding hydrogens is 495 g/mol. The molecule has 12 heteroatoms. The molecule has 2 heterocycles. The van der Waals surface area contributed by atoms with E-state index in [0.717, 1.165) is 17.0 Å². The molecule has 0 radical (unpaired) electrons. The minimum Gasteiger partial charge on any atom is -0.496 e. The van der Waals surface area contributed by atoms with E-state index in [2.05, 4.69) is 25.8 Å². The van der Waals surface area contributed by atoms with Gasteiger partial charge in [-0.3, -0.25) is 0 Å². The number of hydrogen-bond donors (Lipinski definition) is 0. The zero-order valence-corrected chi connectivity index (χ0v) is 21.4. The molecule has 1 aliphatic rings. The fourth-order valence-electron chi connectivity index (χ4n) is 3.33. The van der Waals surface area contributed by atoms with Gasteiger partial charge < -0.3 is 9.30 Å². The van der Waals surface area contributed by atoms with Gasteiger partial charge in [-0.05, 0) is 23.6 Å². The third-order valence-corrected chi connectivity index (χ3v) is 8.25. The highest BCUT2D eigenvalue weighted by Crippen LogP contribution is 2.33. The van der Waals surface area contributed by atoms with E-state index in [4.69, 9.17) is 17.0 Å². The number of rotatable bonds is 5. The molecule has 1 aromatic heterocycles. The highest BCUT2D eigenvalue weighted by molar-refractivity contribution is 7.88. The Labute approximate surface area is 200 Å². The highest BCUT2D eigenvalue weighted by Gasteiger charge is 2.34. The maximum Gasteiger partial charge on any atom is 0.416 e. The predicted molar refractivity (Wildman–Crippen MR) is 126 cm³/mol. The van der Waals surface area contributed by atoms with E-state index in [1.807, 2.05) is 10.8 Å². The zero-order valence-electron chi connectivity index (χ0n) is 18.9. The van der Waals surface area contributed by atoms with Crippen LogP contribution in [-0.2, 0) is 28.2 Å². The number of hydrogen-bond acceptors (Lipinski definition) is 5. The third kappa shape index (κ3) is 6.03. The van der Waals surface area contributed by atoms with E-state index in [0.29, 0.717) is 24.4 Å². The molecule has 0 bridgehead atoms. The number of benzene rings is 1. The summed E-state index contributed by atoms with van der Waals surface area (Å²) in [5.74, 6) is 0.316. The van der Waals surface area contributed by atoms with Crippen LogP contribution in [0.3, 0.4) is 0 Å². The zero-order chi connectivity index (χ0) is 24.8. The lowest BCUT2D eigenvalue weighted by Crippen LogP contribution is -2.51. The van der Waals surface area contributed by atoms with E-state index >= 15 is 0 Å². The second kappa shape index (κ2) is 9.12. The molecule has 182 valence electrons. The second-order valence-electron chi connectivity index (χ2n) is 9.06. The van der Waals surface area contributed by atoms with E-state index < -0.39 is 21.8 Å². The molecule has 0 N–H and O–H groups in total. The summed E-state index contributed by atoms with van der Waals surface area (Å²) in [4.78, 5) is 6.07. The van der Waals surface area contributed by atoms with Crippen LogP contribution in [0.25, 0.3) is 0 Å². The topological polar surface area (TPSA) is 63.9 Å². The number of alkyl halides is 3. The summed E-state index contributed by atoms with van der Waals surface area (Å²) < 4.78 is 71.6. The summed E-state index contributed by atoms with van der Waals surface area (Å²) in [7, 11) is -1.86. The maximum absolute atomic E-state index is 13.2. The van der Waals surface area contributed by atoms with E-state index in [9.17, 15) is 21.6 Å². The Balaban J connectivity index is 1.99. The number of halogens is 3. The number of nitrogens with zero attached hydrogens (tertiary/aromatic N) is 3. The monoisotopic (exact) mass is 521 g/mol. The SMILES string of the molecule is COc1ccc(C(F)(F)F)cc1C(=S)/N=c1\sc(C(C)(C)C)cn1CC1CN(S(C)(=O)=O)C1. The Hall–Kier alpha value is -1.76. The van der Waals surface area contributed by atoms with Crippen LogP contribution in [0.4, 0.5) is 13.2 Å². The Kier molecular flexibility index (Phi) is 7.15. The number of ether oxygens (including phenoxy) is 1. The molecule has 33 heavy (non-hydrogen) atoms. The predicted octanol–water partition coefficient (Wildman–Crippen LogP) is 4.04. The average molecular weight is 522 g/mol. The van der Waals surface area contributed by atoms with Crippen molar-refractivity contribution in [1.82, 2.24) is 8.87 Å². The smallest absolute Gasteiger partial charge is 0.416 e. The lowest BCUT2D eigenvalue weighted by molar-refractivity contribution is -0.137. The van der Waals surface area contributed by atoms with Crippen molar-refractivity contribution in [2.75, 3.05) is 26.5 Å². The van der Waals surface area contributed by atoms with Crippen molar-refractivity contribution >= 4 is 38.6 Å². The van der Waals surface area contributed by atoms with Gasteiger partial charge in [0.2, 0.25) is 10.0 Å². The van der Waals surface area contributed by atoms with Crippen LogP contribution >= 0.6 is 23.6 Å². The van der Waals surface area contributed by atoms with Crippen molar-refractivity contribution in [3.63, 3.8) is 0 Å². The summed E-state index contributed by atoms with van der Waals surface area (Å²) >= 11 is 6.83. The number of aromatic nitrogens is 1. The molecule has 0 saturated carbocycles. The largest absolute Gasteiger partial charge is 0.496 e. The molecule has 1 aromatic carbocycles. The van der Waals surface area contributed by atoms with Gasteiger partial charge in [-0.2, -0.15) is 13.2 Å². The average Bonchev–Trinajstić information content (AvgIpc) is 3.04. The number of thiazole rings is 1. The molecular formula is C21H26F3N3O3S3. The first-order valence-corrected chi connectivity index (χ1v) is 13.2. The van der Waals surface area contributed by atoms with Crippen LogP contribution in [0.1, 0.15) is 36.8 Å². The third-order valence-electron chi connectivity index (χ3n) is 5.26. The van der Waals surface area contributed by atoms with Crippen LogP contribution in [-0.4, -0.2) is 48.7 Å². The van der Waals surface area contributed by atoms with Gasteiger partial charge in [0.1, 0.15) is 10.7 Å². The van der Waals surface area contributed by atoms with Gasteiger partial charge in [0, 0.05) is 36.6 Å². The highest BCUT2D eigenvalue weighted by atomic mass is 32.2. The fourth-order valence-corrected chi connectivity index (χ4v) is 5.66. The lowest BCUT2D eigenvalue weighted by Gasteiger charge is -2.37. The second-order valence-corrected chi connectivity index (χ2v) is 12.4. The first-order valence-electron chi connectivity index (χ1n) is 10.1. The molecule has 0 spiro atoms. The first kappa shape index (κ1) is 25.9. The number of methoxy groups -OCH3 is 1. The van der Waals surface area contributed by atoms with E-state index in [-0.39, 0.29) is 27.6 Å². The summed E-state index contributed by atoms with van der Waals surface area (Å²) in [6.07, 6.45) is -1.38. The maximum atomic E-state index is 13.2. The lowest BCUT2D eigenvalue weighted by atomic mass is 9.95. The Bertz CT molecular complexity index is 1220. The standard InChI is InChI=1S/C21H26F3N3O3S3/c1-20(2,3)17-12-26(9-13-10-27(11-13)33(5,28)29)19(32-17)25-18(31)15-8-14(21(22,23)24)6-7-16(15)30-4/h6-8,12-13H,9-11H2,1-5H3/b25-19-. The van der Waals surface area contributed by atoms with Crippen LogP contribution in [0.2, 0.25) is 0 Å². The van der Waals surface area contributed by atoms with Crippen LogP contribution in [0, 0.1) is 5.92 Å². The first-order chi connectivity index (χ1) is 15.1. The normalized spacial score (nSPS) is 16.7. The van der Waals surface area contributed by atoms with Crippen molar-refractivity contribution < 1.29 is 26.3 Å². The van der Waals surface area contributed by atoms with Gasteiger partial charge in [-0.15, -0.1) is 11.3 Å². The molecule has 0 aliphatic carbocycles. The van der Waals surface area contributed by atoms with Crippen molar-refractivity contribution in [2.45, 2.75) is 38.9 Å². The molecule has 3 rings (SSSR count). The van der Waals surface area contributed by atoms with Crippen LogP contribution in [0.15, 0.2) is 29.4 Å². The van der Waals surface area contributed by atoms with Crippen molar-refractivity contribution in [1.29, 1.82) is 0 Å². The summed E-state index contributed by atoms with van der Waals surface area (Å²) in [6.45, 7) is 7.51. The number of thiocarbonyl (C=S) groups is 1. The van der Waals surface area contributed by atoms with Gasteiger partial charge in [0.25, 0.3) is 0 Å². The Morgan fingerprint density at radius 1 is 1.27 bits per heavy atom. The molecule has 0 unspecified atom stereocenters. The van der Waals surface area contributed by atoms with Crippen molar-refractivity contribution in [3.05, 3.63) is 45.2 Å². The van der Waals surface area contributed by atoms with E-state index in [1.165, 1.54) is 35.1 Å². The van der Waals surface area contributed by atoms with Gasteiger partial charge in [-0.1, -0.05) is 33.0 Å². The minimum absolute atomic E-state index is 0.0135. The van der Waals surface area contributed by atoms with Crippen LogP contribution in [0.5, 0.6) is 5.75 Å². The fraction of sp³-hybridized carbons (Fsp3) is 0.524.